The van der Waals surface area contributed by atoms with Gasteiger partial charge in [0.25, 0.3) is 0 Å². The molecule has 0 saturated carbocycles. The minimum atomic E-state index is -10.7. The van der Waals surface area contributed by atoms with Crippen LogP contribution in [0.5, 0.6) is 5.75 Å². The minimum absolute atomic E-state index is 0.0661. The van der Waals surface area contributed by atoms with Crippen LogP contribution in [0.15, 0.2) is 42.5 Å². The number of phenolic OH excluding ortho intramolecular Hbond substituents is 1. The van der Waals surface area contributed by atoms with E-state index in [-0.39, 0.29) is 5.41 Å². The number of hydrogen-bond acceptors (Lipinski definition) is 2. The van der Waals surface area contributed by atoms with Crippen LogP contribution < -0.4 is 4.90 Å². The average molecular weight is 508 g/mol. The van der Waals surface area contributed by atoms with Gasteiger partial charge in [-0.15, -0.1) is 0 Å². The first kappa shape index (κ1) is 27.7. The molecule has 0 saturated heterocycles. The Hall–Kier alpha value is -2.54. The van der Waals surface area contributed by atoms with E-state index in [4.69, 9.17) is 0 Å². The number of nitrogens with zero attached hydrogens (tertiary/aromatic N) is 2. The molecule has 0 amide bonds. The molecule has 2 aromatic rings. The molecule has 1 heterocycles. The molecule has 1 aliphatic heterocycles. The van der Waals surface area contributed by atoms with E-state index in [2.05, 4.69) is 81.5 Å². The normalized spacial score (nSPS) is 17.1. The molecule has 190 valence electrons. The summed E-state index contributed by atoms with van der Waals surface area (Å²) in [7, 11) is -8.54. The fourth-order valence-electron chi connectivity index (χ4n) is 4.08. The van der Waals surface area contributed by atoms with E-state index in [1.54, 1.807) is 0 Å². The molecule has 1 aliphatic rings. The molecular weight excluding hydrogens is 477 g/mol. The third kappa shape index (κ3) is 7.49. The van der Waals surface area contributed by atoms with Crippen LogP contribution in [0.4, 0.5) is 36.6 Å². The molecule has 10 heteroatoms. The summed E-state index contributed by atoms with van der Waals surface area (Å²) in [4.78, 5) is 2.23. The second-order valence-electron chi connectivity index (χ2n) is 8.80. The van der Waals surface area contributed by atoms with Crippen LogP contribution in [0.25, 0.3) is 6.08 Å². The van der Waals surface area contributed by atoms with Gasteiger partial charge in [0.05, 0.1) is 5.41 Å². The van der Waals surface area contributed by atoms with Gasteiger partial charge in [-0.3, -0.25) is 0 Å². The number of aryl methyl sites for hydroxylation is 1. The Morgan fingerprint density at radius 1 is 0.941 bits per heavy atom. The van der Waals surface area contributed by atoms with Crippen molar-refractivity contribution in [2.24, 2.45) is 0 Å². The molecule has 3 nitrogen and oxygen atoms in total. The summed E-state index contributed by atoms with van der Waals surface area (Å²) in [5.74, 6) is 0.322. The van der Waals surface area contributed by atoms with E-state index in [0.29, 0.717) is 5.75 Å². The number of fused-ring (bicyclic) bond motifs is 1. The van der Waals surface area contributed by atoms with E-state index in [9.17, 15) is 30.3 Å². The fraction of sp³-hybridized carbons (Fsp3) is 0.375. The number of allylic oxidation sites excluding steroid dienone is 1. The van der Waals surface area contributed by atoms with Crippen LogP contribution >= 0.6 is 7.81 Å². The zero-order chi connectivity index (χ0) is 26.2. The molecule has 0 atom stereocenters. The van der Waals surface area contributed by atoms with Crippen molar-refractivity contribution in [3.63, 3.8) is 0 Å². The van der Waals surface area contributed by atoms with Gasteiger partial charge >= 0.3 is 33.0 Å². The van der Waals surface area contributed by atoms with Gasteiger partial charge < -0.3 is 10.0 Å². The third-order valence-corrected chi connectivity index (χ3v) is 5.75. The summed E-state index contributed by atoms with van der Waals surface area (Å²) < 4.78 is 61.5. The van der Waals surface area contributed by atoms with Crippen molar-refractivity contribution in [3.05, 3.63) is 59.2 Å². The average Bonchev–Trinajstić information content (AvgIpc) is 2.85. The predicted octanol–water partition coefficient (Wildman–Crippen LogP) is 8.65. The van der Waals surface area contributed by atoms with Crippen LogP contribution in [-0.2, 0) is 5.41 Å². The van der Waals surface area contributed by atoms with Crippen LogP contribution in [0.1, 0.15) is 44.4 Å². The third-order valence-electron chi connectivity index (χ3n) is 5.75. The van der Waals surface area contributed by atoms with E-state index >= 15 is 0 Å². The van der Waals surface area contributed by atoms with E-state index in [0.717, 1.165) is 24.3 Å². The maximum absolute atomic E-state index is 10.7. The summed E-state index contributed by atoms with van der Waals surface area (Å²) in [6.45, 7) is 12.8. The Morgan fingerprint density at radius 2 is 1.50 bits per heavy atom. The Kier molecular flexibility index (Phi) is 7.00. The standard InChI is InChI=1S/C24H30N2O.F6P/c1-7-26(8-2)19-12-10-18(22(27)16-19)11-14-23-24(4,5)20-15-17(3)9-13-21(20)25(23)6;1-7(2,3,4,5)6/h9-16H,7-8H2,1-6H3;/q;-1/p+1. The zero-order valence-corrected chi connectivity index (χ0v) is 21.0. The summed E-state index contributed by atoms with van der Waals surface area (Å²) >= 11 is 0. The van der Waals surface area contributed by atoms with Gasteiger partial charge in [-0.05, 0) is 58.9 Å². The van der Waals surface area contributed by atoms with Gasteiger partial charge in [-0.25, -0.2) is 0 Å². The molecule has 0 bridgehead atoms. The van der Waals surface area contributed by atoms with Crippen LogP contribution in [-0.4, -0.2) is 35.5 Å². The molecule has 3 rings (SSSR count). The predicted molar refractivity (Wildman–Crippen MR) is 129 cm³/mol. The van der Waals surface area contributed by atoms with Gasteiger partial charge in [-0.2, -0.15) is 4.58 Å². The van der Waals surface area contributed by atoms with Gasteiger partial charge in [0, 0.05) is 48.1 Å². The van der Waals surface area contributed by atoms with Crippen molar-refractivity contribution in [2.75, 3.05) is 25.0 Å². The second kappa shape index (κ2) is 8.59. The molecule has 0 spiro atoms. The zero-order valence-electron chi connectivity index (χ0n) is 20.1. The van der Waals surface area contributed by atoms with E-state index in [1.165, 1.54) is 22.5 Å². The second-order valence-corrected chi connectivity index (χ2v) is 10.7. The van der Waals surface area contributed by atoms with Crippen molar-refractivity contribution < 1.29 is 34.9 Å². The summed E-state index contributed by atoms with van der Waals surface area (Å²) in [5, 5.41) is 10.5. The Labute approximate surface area is 196 Å². The van der Waals surface area contributed by atoms with Gasteiger partial charge in [-0.1, -0.05) is 11.6 Å². The number of phenols is 1. The van der Waals surface area contributed by atoms with E-state index < -0.39 is 7.81 Å². The van der Waals surface area contributed by atoms with Gasteiger partial charge in [0.2, 0.25) is 5.69 Å². The summed E-state index contributed by atoms with van der Waals surface area (Å²) in [6, 6.07) is 12.6. The summed E-state index contributed by atoms with van der Waals surface area (Å²) in [5.41, 5.74) is 6.96. The molecule has 1 N–H and O–H groups in total. The van der Waals surface area contributed by atoms with Crippen molar-refractivity contribution in [1.82, 2.24) is 0 Å². The quantitative estimate of drug-likeness (QED) is 0.249. The van der Waals surface area contributed by atoms with Gasteiger partial charge in [0.15, 0.2) is 5.71 Å². The SMILES string of the molecule is CCN(CC)c1ccc(C=CC2=[N+](C)c3ccc(C)cc3C2(C)C)c(O)c1.F[P-](F)(F)(F)(F)F. The topological polar surface area (TPSA) is 26.5 Å². The van der Waals surface area contributed by atoms with Gasteiger partial charge in [0.1, 0.15) is 12.8 Å². The Balaban J connectivity index is 0.000000509. The van der Waals surface area contributed by atoms with Crippen LogP contribution in [0.3, 0.4) is 0 Å². The Bertz CT molecular complexity index is 1120. The molecule has 0 unspecified atom stereocenters. The number of anilines is 1. The fourth-order valence-corrected chi connectivity index (χ4v) is 4.08. The first-order chi connectivity index (χ1) is 15.2. The molecular formula is C24H31F6N2OP. The number of rotatable bonds is 5. The number of hydrogen-bond donors (Lipinski definition) is 1. The van der Waals surface area contributed by atoms with Crippen LogP contribution in [0.2, 0.25) is 0 Å². The molecule has 34 heavy (non-hydrogen) atoms. The molecule has 0 fully saturated rings. The molecule has 0 aliphatic carbocycles. The first-order valence-electron chi connectivity index (χ1n) is 10.8. The molecule has 2 aromatic carbocycles. The van der Waals surface area contributed by atoms with E-state index in [1.807, 2.05) is 18.2 Å². The van der Waals surface area contributed by atoms with Crippen molar-refractivity contribution in [3.8, 4) is 5.75 Å². The monoisotopic (exact) mass is 508 g/mol. The van der Waals surface area contributed by atoms with Crippen molar-refractivity contribution in [2.45, 2.75) is 40.0 Å². The maximum atomic E-state index is 10.5. The molecule has 0 aromatic heterocycles. The number of aromatic hydroxyl groups is 1. The molecule has 0 radical (unpaired) electrons. The summed E-state index contributed by atoms with van der Waals surface area (Å²) in [6.07, 6.45) is 4.16. The number of halogens is 6. The van der Waals surface area contributed by atoms with Crippen molar-refractivity contribution in [1.29, 1.82) is 0 Å². The first-order valence-corrected chi connectivity index (χ1v) is 12.8. The number of benzene rings is 2. The van der Waals surface area contributed by atoms with Crippen molar-refractivity contribution >= 4 is 31.0 Å². The Morgan fingerprint density at radius 3 is 2.00 bits per heavy atom. The van der Waals surface area contributed by atoms with Crippen LogP contribution in [0, 0.1) is 6.92 Å².